The molecule has 9 heteroatoms. The summed E-state index contributed by atoms with van der Waals surface area (Å²) in [5.74, 6) is -0.164. The Morgan fingerprint density at radius 1 is 0.623 bits per heavy atom. The molecule has 0 spiro atoms. The summed E-state index contributed by atoms with van der Waals surface area (Å²) in [5.41, 5.74) is 5.37. The van der Waals surface area contributed by atoms with Crippen LogP contribution in [-0.4, -0.2) is 47.8 Å². The zero-order valence-electron chi connectivity index (χ0n) is 34.8. The summed E-state index contributed by atoms with van der Waals surface area (Å²) in [7, 11) is -4.31. The van der Waals surface area contributed by atoms with Crippen molar-refractivity contribution >= 4 is 13.7 Å². The van der Waals surface area contributed by atoms with E-state index in [0.29, 0.717) is 12.8 Å². The molecule has 0 saturated heterocycles. The second-order valence-corrected chi connectivity index (χ2v) is 16.7. The van der Waals surface area contributed by atoms with Gasteiger partial charge in [0.15, 0.2) is 0 Å². The van der Waals surface area contributed by atoms with E-state index in [1.807, 2.05) is 0 Å². The molecule has 0 saturated carbocycles. The molecule has 1 amide bonds. The van der Waals surface area contributed by atoms with Crippen molar-refractivity contribution in [2.45, 2.75) is 231 Å². The highest BCUT2D eigenvalue weighted by atomic mass is 31.2. The standard InChI is InChI=1S/C44H87N2O6P/c1-3-5-7-9-11-13-15-16-17-18-19-20-21-22-23-24-25-26-28-30-32-34-36-38-44(48)46-42(41-52-53(49,50)51-40-39-45)43(47)37-35-33-31-29-27-14-12-10-8-6-4-2/h15-16,18-19,42-43,47H,3-14,17,20-41,45H2,1-2H3,(H,46,48)(H,49,50)/b16-15-,19-18-. The quantitative estimate of drug-likeness (QED) is 0.0276. The lowest BCUT2D eigenvalue weighted by Crippen LogP contribution is -2.46. The van der Waals surface area contributed by atoms with Crippen molar-refractivity contribution in [1.29, 1.82) is 0 Å². The molecule has 0 aliphatic carbocycles. The third-order valence-electron chi connectivity index (χ3n) is 10.1. The van der Waals surface area contributed by atoms with Crippen LogP contribution < -0.4 is 11.1 Å². The van der Waals surface area contributed by atoms with Crippen LogP contribution in [0.4, 0.5) is 0 Å². The highest BCUT2D eigenvalue weighted by Gasteiger charge is 2.27. The summed E-state index contributed by atoms with van der Waals surface area (Å²) < 4.78 is 22.2. The van der Waals surface area contributed by atoms with E-state index < -0.39 is 20.0 Å². The van der Waals surface area contributed by atoms with Gasteiger partial charge in [-0.3, -0.25) is 13.8 Å². The predicted octanol–water partition coefficient (Wildman–Crippen LogP) is 12.6. The molecule has 8 nitrogen and oxygen atoms in total. The first-order valence-electron chi connectivity index (χ1n) is 22.5. The summed E-state index contributed by atoms with van der Waals surface area (Å²) in [6, 6.07) is -0.772. The summed E-state index contributed by atoms with van der Waals surface area (Å²) in [6.07, 6.45) is 46.2. The molecule has 0 heterocycles. The second-order valence-electron chi connectivity index (χ2n) is 15.3. The summed E-state index contributed by atoms with van der Waals surface area (Å²) >= 11 is 0. The van der Waals surface area contributed by atoms with Crippen molar-refractivity contribution in [3.05, 3.63) is 24.3 Å². The first-order chi connectivity index (χ1) is 25.9. The molecule has 0 fully saturated rings. The first-order valence-corrected chi connectivity index (χ1v) is 23.9. The van der Waals surface area contributed by atoms with Crippen LogP contribution in [0.3, 0.4) is 0 Å². The number of amides is 1. The van der Waals surface area contributed by atoms with E-state index in [9.17, 15) is 19.4 Å². The van der Waals surface area contributed by atoms with Crippen LogP contribution in [0.1, 0.15) is 219 Å². The van der Waals surface area contributed by atoms with Gasteiger partial charge in [-0.2, -0.15) is 0 Å². The van der Waals surface area contributed by atoms with Crippen molar-refractivity contribution in [1.82, 2.24) is 5.32 Å². The van der Waals surface area contributed by atoms with Gasteiger partial charge in [-0.15, -0.1) is 0 Å². The monoisotopic (exact) mass is 771 g/mol. The minimum Gasteiger partial charge on any atom is -0.391 e. The van der Waals surface area contributed by atoms with E-state index in [0.717, 1.165) is 44.9 Å². The molecule has 3 unspecified atom stereocenters. The molecule has 0 bridgehead atoms. The third-order valence-corrected chi connectivity index (χ3v) is 11.0. The largest absolute Gasteiger partial charge is 0.472 e. The Hall–Kier alpha value is -1.02. The van der Waals surface area contributed by atoms with Crippen LogP contribution in [0.15, 0.2) is 24.3 Å². The summed E-state index contributed by atoms with van der Waals surface area (Å²) in [6.45, 7) is 4.19. The SMILES string of the molecule is CCCCCCC/C=C\C/C=C\CCCCCCCCCCCCCC(=O)NC(COP(=O)(O)OCCN)C(O)CCCCCCCCCCCCC. The Morgan fingerprint density at radius 2 is 1.04 bits per heavy atom. The highest BCUT2D eigenvalue weighted by molar-refractivity contribution is 7.47. The topological polar surface area (TPSA) is 131 Å². The van der Waals surface area contributed by atoms with Crippen LogP contribution >= 0.6 is 7.82 Å². The molecular weight excluding hydrogens is 683 g/mol. The van der Waals surface area contributed by atoms with E-state index >= 15 is 0 Å². The number of hydrogen-bond acceptors (Lipinski definition) is 6. The van der Waals surface area contributed by atoms with E-state index in [4.69, 9.17) is 14.8 Å². The van der Waals surface area contributed by atoms with Crippen LogP contribution in [0.5, 0.6) is 0 Å². The molecule has 5 N–H and O–H groups in total. The molecule has 314 valence electrons. The first kappa shape index (κ1) is 52.0. The van der Waals surface area contributed by atoms with Crippen LogP contribution in [0.2, 0.25) is 0 Å². The average Bonchev–Trinajstić information content (AvgIpc) is 3.14. The van der Waals surface area contributed by atoms with Gasteiger partial charge in [0.1, 0.15) is 0 Å². The zero-order chi connectivity index (χ0) is 38.9. The molecule has 0 aromatic rings. The molecule has 0 aliphatic heterocycles. The average molecular weight is 771 g/mol. The predicted molar refractivity (Wildman–Crippen MR) is 226 cm³/mol. The second kappa shape index (κ2) is 40.6. The number of nitrogens with two attached hydrogens (primary N) is 1. The smallest absolute Gasteiger partial charge is 0.391 e. The van der Waals surface area contributed by atoms with Gasteiger partial charge in [-0.1, -0.05) is 192 Å². The van der Waals surface area contributed by atoms with Gasteiger partial charge in [0, 0.05) is 13.0 Å². The van der Waals surface area contributed by atoms with Crippen molar-refractivity contribution in [3.63, 3.8) is 0 Å². The number of aliphatic hydroxyl groups is 1. The number of carbonyl (C=O) groups is 1. The Labute approximate surface area is 327 Å². The molecule has 3 atom stereocenters. The number of nitrogens with one attached hydrogen (secondary N) is 1. The summed E-state index contributed by atoms with van der Waals surface area (Å²) in [4.78, 5) is 22.7. The maximum absolute atomic E-state index is 12.8. The van der Waals surface area contributed by atoms with Crippen LogP contribution in [0, 0.1) is 0 Å². The Balaban J connectivity index is 4.03. The van der Waals surface area contributed by atoms with Gasteiger partial charge >= 0.3 is 7.82 Å². The lowest BCUT2D eigenvalue weighted by atomic mass is 10.0. The fourth-order valence-electron chi connectivity index (χ4n) is 6.64. The lowest BCUT2D eigenvalue weighted by Gasteiger charge is -2.25. The Bertz CT molecular complexity index is 886. The molecule has 0 aromatic carbocycles. The third kappa shape index (κ3) is 39.0. The fourth-order valence-corrected chi connectivity index (χ4v) is 7.40. The van der Waals surface area contributed by atoms with Gasteiger partial charge in [0.2, 0.25) is 5.91 Å². The number of phosphoric ester groups is 1. The van der Waals surface area contributed by atoms with Crippen LogP contribution in [-0.2, 0) is 18.4 Å². The van der Waals surface area contributed by atoms with Crippen molar-refractivity contribution in [2.75, 3.05) is 19.8 Å². The number of carbonyl (C=O) groups excluding carboxylic acids is 1. The van der Waals surface area contributed by atoms with E-state index in [2.05, 4.69) is 43.5 Å². The van der Waals surface area contributed by atoms with Gasteiger partial charge in [0.25, 0.3) is 0 Å². The molecule has 53 heavy (non-hydrogen) atoms. The van der Waals surface area contributed by atoms with E-state index in [1.54, 1.807) is 0 Å². The molecule has 0 aromatic heterocycles. The number of phosphoric acid groups is 1. The minimum atomic E-state index is -4.31. The minimum absolute atomic E-state index is 0.0891. The lowest BCUT2D eigenvalue weighted by molar-refractivity contribution is -0.123. The van der Waals surface area contributed by atoms with Crippen molar-refractivity contribution < 1.29 is 28.4 Å². The number of unbranched alkanes of at least 4 members (excludes halogenated alkanes) is 26. The molecule has 0 rings (SSSR count). The molecule has 0 aliphatic rings. The van der Waals surface area contributed by atoms with E-state index in [-0.39, 0.29) is 25.7 Å². The molecule has 0 radical (unpaired) electrons. The van der Waals surface area contributed by atoms with Crippen molar-refractivity contribution in [3.8, 4) is 0 Å². The van der Waals surface area contributed by atoms with Crippen molar-refractivity contribution in [2.24, 2.45) is 5.73 Å². The van der Waals surface area contributed by atoms with Crippen LogP contribution in [0.25, 0.3) is 0 Å². The zero-order valence-corrected chi connectivity index (χ0v) is 35.7. The van der Waals surface area contributed by atoms with Gasteiger partial charge in [-0.25, -0.2) is 4.57 Å². The number of aliphatic hydroxyl groups excluding tert-OH is 1. The number of rotatable bonds is 42. The number of allylic oxidation sites excluding steroid dienone is 4. The maximum Gasteiger partial charge on any atom is 0.472 e. The van der Waals surface area contributed by atoms with Gasteiger partial charge < -0.3 is 21.1 Å². The molecular formula is C44H87N2O6P. The normalized spacial score (nSPS) is 14.3. The van der Waals surface area contributed by atoms with E-state index in [1.165, 1.54) is 148 Å². The number of hydrogen-bond donors (Lipinski definition) is 4. The maximum atomic E-state index is 12.8. The summed E-state index contributed by atoms with van der Waals surface area (Å²) in [5, 5.41) is 13.8. The highest BCUT2D eigenvalue weighted by Crippen LogP contribution is 2.43. The van der Waals surface area contributed by atoms with Gasteiger partial charge in [0.05, 0.1) is 25.4 Å². The Kier molecular flexibility index (Phi) is 39.9. The fraction of sp³-hybridized carbons (Fsp3) is 0.886. The Morgan fingerprint density at radius 3 is 1.49 bits per heavy atom. The van der Waals surface area contributed by atoms with Gasteiger partial charge in [-0.05, 0) is 44.9 Å².